The van der Waals surface area contributed by atoms with Gasteiger partial charge in [-0.05, 0) is 30.3 Å². The number of aromatic nitrogens is 3. The molecule has 1 N–H and O–H groups in total. The van der Waals surface area contributed by atoms with Crippen molar-refractivity contribution in [2.75, 3.05) is 5.32 Å². The molecule has 3 rings (SSSR count). The summed E-state index contributed by atoms with van der Waals surface area (Å²) in [6.45, 7) is 0. The van der Waals surface area contributed by atoms with E-state index in [4.69, 9.17) is 11.6 Å². The van der Waals surface area contributed by atoms with Crippen molar-refractivity contribution in [2.45, 2.75) is 0 Å². The molecule has 19 heavy (non-hydrogen) atoms. The summed E-state index contributed by atoms with van der Waals surface area (Å²) in [6.07, 6.45) is 3.92. The summed E-state index contributed by atoms with van der Waals surface area (Å²) in [5.74, 6) is 0. The first-order chi connectivity index (χ1) is 9.28. The van der Waals surface area contributed by atoms with E-state index in [0.717, 1.165) is 22.5 Å². The maximum absolute atomic E-state index is 10.3. The Labute approximate surface area is 113 Å². The van der Waals surface area contributed by atoms with Gasteiger partial charge in [0.05, 0.1) is 5.02 Å². The maximum atomic E-state index is 10.3. The summed E-state index contributed by atoms with van der Waals surface area (Å²) < 4.78 is 1.86. The minimum Gasteiger partial charge on any atom is -0.329 e. The second kappa shape index (κ2) is 4.70. The van der Waals surface area contributed by atoms with Crippen LogP contribution in [0.2, 0.25) is 5.02 Å². The molecule has 0 aliphatic carbocycles. The monoisotopic (exact) mass is 272 g/mol. The third-order valence-electron chi connectivity index (χ3n) is 2.73. The molecule has 6 heteroatoms. The van der Waals surface area contributed by atoms with Crippen LogP contribution in [0.15, 0.2) is 42.9 Å². The predicted molar refractivity (Wildman–Crippen MR) is 73.6 cm³/mol. The largest absolute Gasteiger partial charge is 0.329 e. The van der Waals surface area contributed by atoms with E-state index in [2.05, 4.69) is 15.3 Å². The minimum atomic E-state index is 0.559. The van der Waals surface area contributed by atoms with Gasteiger partial charge >= 0.3 is 0 Å². The number of rotatable bonds is 3. The molecule has 1 amide bonds. The third-order valence-corrected chi connectivity index (χ3v) is 2.93. The van der Waals surface area contributed by atoms with Crippen LogP contribution in [-0.2, 0) is 4.79 Å². The lowest BCUT2D eigenvalue weighted by atomic mass is 10.3. The fourth-order valence-electron chi connectivity index (χ4n) is 1.85. The maximum Gasteiger partial charge on any atom is 0.211 e. The third kappa shape index (κ3) is 2.15. The van der Waals surface area contributed by atoms with Crippen LogP contribution in [0.3, 0.4) is 0 Å². The van der Waals surface area contributed by atoms with Crippen LogP contribution in [0.5, 0.6) is 0 Å². The zero-order valence-electron chi connectivity index (χ0n) is 9.75. The van der Waals surface area contributed by atoms with E-state index in [0.29, 0.717) is 11.4 Å². The first-order valence-electron chi connectivity index (χ1n) is 5.57. The van der Waals surface area contributed by atoms with E-state index in [1.54, 1.807) is 18.6 Å². The Morgan fingerprint density at radius 3 is 2.74 bits per heavy atom. The molecule has 0 unspecified atom stereocenters. The van der Waals surface area contributed by atoms with Crippen LogP contribution < -0.4 is 5.32 Å². The first kappa shape index (κ1) is 11.7. The van der Waals surface area contributed by atoms with Gasteiger partial charge in [0.15, 0.2) is 5.65 Å². The Balaban J connectivity index is 2.06. The highest BCUT2D eigenvalue weighted by atomic mass is 35.5. The van der Waals surface area contributed by atoms with Crippen molar-refractivity contribution >= 4 is 34.9 Å². The average Bonchev–Trinajstić information content (AvgIpc) is 2.83. The van der Waals surface area contributed by atoms with Gasteiger partial charge in [-0.3, -0.25) is 9.36 Å². The van der Waals surface area contributed by atoms with E-state index in [-0.39, 0.29) is 0 Å². The van der Waals surface area contributed by atoms with Crippen molar-refractivity contribution in [3.05, 3.63) is 47.9 Å². The number of amides is 1. The standard InChI is InChI=1S/C13H9ClN4O/c14-9-5-12-13(15-6-9)18(7-16-12)11-3-1-10(2-4-11)17-8-19/h1-8H,(H,17,19). The molecule has 2 heterocycles. The fourth-order valence-corrected chi connectivity index (χ4v) is 2.00. The zero-order valence-corrected chi connectivity index (χ0v) is 10.5. The number of fused-ring (bicyclic) bond motifs is 1. The molecule has 5 nitrogen and oxygen atoms in total. The van der Waals surface area contributed by atoms with Crippen molar-refractivity contribution in [1.82, 2.24) is 14.5 Å². The van der Waals surface area contributed by atoms with Gasteiger partial charge < -0.3 is 5.32 Å². The van der Waals surface area contributed by atoms with E-state index in [9.17, 15) is 4.79 Å². The lowest BCUT2D eigenvalue weighted by molar-refractivity contribution is -0.105. The number of hydrogen-bond donors (Lipinski definition) is 1. The zero-order chi connectivity index (χ0) is 13.2. The molecule has 0 aliphatic heterocycles. The highest BCUT2D eigenvalue weighted by Crippen LogP contribution is 2.20. The lowest BCUT2D eigenvalue weighted by Gasteiger charge is -2.04. The van der Waals surface area contributed by atoms with Crippen LogP contribution in [0.1, 0.15) is 0 Å². The highest BCUT2D eigenvalue weighted by molar-refractivity contribution is 6.31. The Hall–Kier alpha value is -2.40. The molecule has 1 aromatic carbocycles. The van der Waals surface area contributed by atoms with Gasteiger partial charge in [0.25, 0.3) is 0 Å². The Kier molecular flexibility index (Phi) is 2.89. The Bertz CT molecular complexity index is 736. The smallest absolute Gasteiger partial charge is 0.211 e. The minimum absolute atomic E-state index is 0.559. The Morgan fingerprint density at radius 2 is 2.00 bits per heavy atom. The topological polar surface area (TPSA) is 59.8 Å². The molecule has 0 bridgehead atoms. The van der Waals surface area contributed by atoms with Gasteiger partial charge in [-0.2, -0.15) is 0 Å². The van der Waals surface area contributed by atoms with Gasteiger partial charge in [-0.25, -0.2) is 9.97 Å². The van der Waals surface area contributed by atoms with Crippen LogP contribution in [0, 0.1) is 0 Å². The number of halogens is 1. The number of pyridine rings is 1. The summed E-state index contributed by atoms with van der Waals surface area (Å²) in [5, 5.41) is 3.14. The van der Waals surface area contributed by atoms with Crippen molar-refractivity contribution in [1.29, 1.82) is 0 Å². The van der Waals surface area contributed by atoms with Crippen molar-refractivity contribution in [3.8, 4) is 5.69 Å². The molecule has 3 aromatic rings. The number of carbonyl (C=O) groups is 1. The highest BCUT2D eigenvalue weighted by Gasteiger charge is 2.06. The van der Waals surface area contributed by atoms with Gasteiger partial charge in [0, 0.05) is 17.6 Å². The van der Waals surface area contributed by atoms with Gasteiger partial charge in [-0.1, -0.05) is 11.6 Å². The fraction of sp³-hybridized carbons (Fsp3) is 0. The SMILES string of the molecule is O=CNc1ccc(-n2cnc3cc(Cl)cnc32)cc1. The summed E-state index contributed by atoms with van der Waals surface area (Å²) >= 11 is 5.88. The van der Waals surface area contributed by atoms with E-state index < -0.39 is 0 Å². The molecule has 0 saturated heterocycles. The molecule has 0 radical (unpaired) electrons. The molecule has 0 atom stereocenters. The van der Waals surface area contributed by atoms with Crippen LogP contribution in [-0.4, -0.2) is 20.9 Å². The number of carbonyl (C=O) groups excluding carboxylic acids is 1. The number of benzene rings is 1. The van der Waals surface area contributed by atoms with Crippen molar-refractivity contribution in [2.24, 2.45) is 0 Å². The molecule has 0 spiro atoms. The first-order valence-corrected chi connectivity index (χ1v) is 5.95. The molecular weight excluding hydrogens is 264 g/mol. The van der Waals surface area contributed by atoms with E-state index in [1.807, 2.05) is 28.8 Å². The second-order valence-electron chi connectivity index (χ2n) is 3.92. The normalized spacial score (nSPS) is 10.6. The van der Waals surface area contributed by atoms with Crippen molar-refractivity contribution < 1.29 is 4.79 Å². The van der Waals surface area contributed by atoms with Gasteiger partial charge in [0.2, 0.25) is 6.41 Å². The van der Waals surface area contributed by atoms with Crippen LogP contribution in [0.25, 0.3) is 16.9 Å². The van der Waals surface area contributed by atoms with Crippen LogP contribution >= 0.6 is 11.6 Å². The molecule has 0 aliphatic rings. The molecular formula is C13H9ClN4O. The summed E-state index contributed by atoms with van der Waals surface area (Å²) in [7, 11) is 0. The van der Waals surface area contributed by atoms with Crippen molar-refractivity contribution in [3.63, 3.8) is 0 Å². The second-order valence-corrected chi connectivity index (χ2v) is 4.36. The Morgan fingerprint density at radius 1 is 1.21 bits per heavy atom. The number of imidazole rings is 1. The van der Waals surface area contributed by atoms with E-state index in [1.165, 1.54) is 0 Å². The number of anilines is 1. The molecule has 2 aromatic heterocycles. The quantitative estimate of drug-likeness (QED) is 0.746. The number of nitrogens with one attached hydrogen (secondary N) is 1. The number of nitrogens with zero attached hydrogens (tertiary/aromatic N) is 3. The van der Waals surface area contributed by atoms with Crippen LogP contribution in [0.4, 0.5) is 5.69 Å². The van der Waals surface area contributed by atoms with Gasteiger partial charge in [0.1, 0.15) is 11.8 Å². The predicted octanol–water partition coefficient (Wildman–Crippen LogP) is 2.64. The average molecular weight is 273 g/mol. The molecule has 0 saturated carbocycles. The van der Waals surface area contributed by atoms with E-state index >= 15 is 0 Å². The summed E-state index contributed by atoms with van der Waals surface area (Å²) in [6, 6.07) is 9.14. The summed E-state index contributed by atoms with van der Waals surface area (Å²) in [4.78, 5) is 18.9. The number of hydrogen-bond acceptors (Lipinski definition) is 3. The lowest BCUT2D eigenvalue weighted by Crippen LogP contribution is -1.96. The molecule has 0 fully saturated rings. The van der Waals surface area contributed by atoms with Gasteiger partial charge in [-0.15, -0.1) is 0 Å². The molecule has 94 valence electrons. The summed E-state index contributed by atoms with van der Waals surface area (Å²) in [5.41, 5.74) is 3.12.